The van der Waals surface area contributed by atoms with Crippen molar-refractivity contribution in [2.45, 2.75) is 19.4 Å². The van der Waals surface area contributed by atoms with E-state index in [1.807, 2.05) is 28.0 Å². The lowest BCUT2D eigenvalue weighted by Crippen LogP contribution is -2.52. The molecule has 2 aromatic rings. The first kappa shape index (κ1) is 20.4. The first-order valence-electron chi connectivity index (χ1n) is 10.4. The van der Waals surface area contributed by atoms with Crippen LogP contribution in [0.2, 0.25) is 0 Å². The summed E-state index contributed by atoms with van der Waals surface area (Å²) >= 11 is 3.53. The minimum atomic E-state index is -0.192. The Hall–Kier alpha value is -1.92. The summed E-state index contributed by atoms with van der Waals surface area (Å²) in [6.45, 7) is 5.42. The van der Waals surface area contributed by atoms with Crippen molar-refractivity contribution >= 4 is 27.5 Å². The summed E-state index contributed by atoms with van der Waals surface area (Å²) < 4.78 is 15.1. The molecule has 2 aliphatic heterocycles. The van der Waals surface area contributed by atoms with Gasteiger partial charge in [-0.05, 0) is 49.2 Å². The molecule has 0 N–H and O–H groups in total. The Morgan fingerprint density at radius 1 is 1.03 bits per heavy atom. The maximum absolute atomic E-state index is 14.0. The number of piperazine rings is 1. The quantitative estimate of drug-likeness (QED) is 0.686. The molecule has 29 heavy (non-hydrogen) atoms. The van der Waals surface area contributed by atoms with Crippen LogP contribution < -0.4 is 4.90 Å². The largest absolute Gasteiger partial charge is 0.366 e. The van der Waals surface area contributed by atoms with Crippen LogP contribution >= 0.6 is 15.9 Å². The predicted octanol–water partition coefficient (Wildman–Crippen LogP) is 4.15. The molecule has 154 valence electrons. The summed E-state index contributed by atoms with van der Waals surface area (Å²) in [6, 6.07) is 15.3. The number of amides is 1. The summed E-state index contributed by atoms with van der Waals surface area (Å²) in [5.41, 5.74) is 1.91. The van der Waals surface area contributed by atoms with Crippen LogP contribution in [0, 0.1) is 11.7 Å². The minimum absolute atomic E-state index is 0.0657. The van der Waals surface area contributed by atoms with Gasteiger partial charge in [-0.25, -0.2) is 4.39 Å². The Labute approximate surface area is 180 Å². The summed E-state index contributed by atoms with van der Waals surface area (Å²) in [6.07, 6.45) is 2.01. The predicted molar refractivity (Wildman–Crippen MR) is 117 cm³/mol. The van der Waals surface area contributed by atoms with E-state index in [2.05, 4.69) is 39.0 Å². The first-order chi connectivity index (χ1) is 14.1. The number of rotatable bonds is 4. The molecule has 6 heteroatoms. The lowest BCUT2D eigenvalue weighted by Gasteiger charge is -2.39. The van der Waals surface area contributed by atoms with Gasteiger partial charge < -0.3 is 9.80 Å². The SMILES string of the molecule is O=C(C1CCCN(Cc2cccc(Br)c2)C1)N1CCN(c2ccccc2F)CC1. The number of nitrogens with zero attached hydrogens (tertiary/aromatic N) is 3. The van der Waals surface area contributed by atoms with E-state index in [4.69, 9.17) is 0 Å². The Kier molecular flexibility index (Phi) is 6.50. The van der Waals surface area contributed by atoms with Crippen LogP contribution in [0.3, 0.4) is 0 Å². The van der Waals surface area contributed by atoms with E-state index in [1.165, 1.54) is 11.6 Å². The third kappa shape index (κ3) is 4.98. The molecule has 0 radical (unpaired) electrons. The van der Waals surface area contributed by atoms with Gasteiger partial charge in [0.25, 0.3) is 0 Å². The van der Waals surface area contributed by atoms with Gasteiger partial charge in [-0.15, -0.1) is 0 Å². The number of carbonyl (C=O) groups is 1. The van der Waals surface area contributed by atoms with Crippen molar-refractivity contribution < 1.29 is 9.18 Å². The van der Waals surface area contributed by atoms with Crippen LogP contribution in [0.5, 0.6) is 0 Å². The van der Waals surface area contributed by atoms with E-state index in [9.17, 15) is 9.18 Å². The molecule has 0 aliphatic carbocycles. The number of benzene rings is 2. The van der Waals surface area contributed by atoms with Gasteiger partial charge >= 0.3 is 0 Å². The fraction of sp³-hybridized carbons (Fsp3) is 0.435. The Morgan fingerprint density at radius 2 is 1.83 bits per heavy atom. The van der Waals surface area contributed by atoms with Crippen LogP contribution in [-0.4, -0.2) is 55.0 Å². The van der Waals surface area contributed by atoms with Crippen LogP contribution in [0.1, 0.15) is 18.4 Å². The van der Waals surface area contributed by atoms with Crippen molar-refractivity contribution in [1.82, 2.24) is 9.80 Å². The highest BCUT2D eigenvalue weighted by atomic mass is 79.9. The Balaban J connectivity index is 1.32. The van der Waals surface area contributed by atoms with E-state index < -0.39 is 0 Å². The maximum atomic E-state index is 14.0. The number of para-hydroxylation sites is 1. The molecule has 2 saturated heterocycles. The fourth-order valence-corrected chi connectivity index (χ4v) is 4.88. The molecule has 4 rings (SSSR count). The van der Waals surface area contributed by atoms with Gasteiger partial charge in [-0.2, -0.15) is 0 Å². The van der Waals surface area contributed by atoms with Gasteiger partial charge in [0, 0.05) is 43.7 Å². The van der Waals surface area contributed by atoms with Crippen LogP contribution in [0.25, 0.3) is 0 Å². The summed E-state index contributed by atoms with van der Waals surface area (Å²) in [4.78, 5) is 19.5. The monoisotopic (exact) mass is 459 g/mol. The van der Waals surface area contributed by atoms with Crippen LogP contribution in [0.4, 0.5) is 10.1 Å². The molecule has 2 aliphatic rings. The molecule has 0 bridgehead atoms. The van der Waals surface area contributed by atoms with Gasteiger partial charge in [0.2, 0.25) is 5.91 Å². The van der Waals surface area contributed by atoms with E-state index in [1.54, 1.807) is 6.07 Å². The van der Waals surface area contributed by atoms with E-state index in [0.717, 1.165) is 36.9 Å². The molecule has 0 aromatic heterocycles. The van der Waals surface area contributed by atoms with E-state index >= 15 is 0 Å². The first-order valence-corrected chi connectivity index (χ1v) is 11.1. The average Bonchev–Trinajstić information content (AvgIpc) is 2.74. The number of likely N-dealkylation sites (tertiary alicyclic amines) is 1. The maximum Gasteiger partial charge on any atom is 0.227 e. The molecule has 1 unspecified atom stereocenters. The Bertz CT molecular complexity index is 854. The highest BCUT2D eigenvalue weighted by Crippen LogP contribution is 2.24. The van der Waals surface area contributed by atoms with Crippen molar-refractivity contribution in [2.75, 3.05) is 44.2 Å². The van der Waals surface area contributed by atoms with Crippen molar-refractivity contribution in [3.05, 3.63) is 64.4 Å². The number of hydrogen-bond donors (Lipinski definition) is 0. The molecule has 2 fully saturated rings. The second-order valence-electron chi connectivity index (χ2n) is 7.97. The molecule has 2 heterocycles. The van der Waals surface area contributed by atoms with Crippen molar-refractivity contribution in [2.24, 2.45) is 5.92 Å². The van der Waals surface area contributed by atoms with Crippen LogP contribution in [-0.2, 0) is 11.3 Å². The smallest absolute Gasteiger partial charge is 0.227 e. The topological polar surface area (TPSA) is 26.8 Å². The van der Waals surface area contributed by atoms with Crippen molar-refractivity contribution in [3.63, 3.8) is 0 Å². The lowest BCUT2D eigenvalue weighted by molar-refractivity contribution is -0.137. The third-order valence-electron chi connectivity index (χ3n) is 5.93. The molecular weight excluding hydrogens is 433 g/mol. The zero-order valence-electron chi connectivity index (χ0n) is 16.6. The average molecular weight is 460 g/mol. The highest BCUT2D eigenvalue weighted by molar-refractivity contribution is 9.10. The number of carbonyl (C=O) groups excluding carboxylic acids is 1. The van der Waals surface area contributed by atoms with Gasteiger partial charge in [0.05, 0.1) is 11.6 Å². The molecule has 1 atom stereocenters. The van der Waals surface area contributed by atoms with Crippen molar-refractivity contribution in [1.29, 1.82) is 0 Å². The molecular formula is C23H27BrFN3O. The van der Waals surface area contributed by atoms with Crippen LogP contribution in [0.15, 0.2) is 53.0 Å². The van der Waals surface area contributed by atoms with Crippen molar-refractivity contribution in [3.8, 4) is 0 Å². The normalized spacial score (nSPS) is 20.7. The number of anilines is 1. The van der Waals surface area contributed by atoms with Gasteiger partial charge in [0.1, 0.15) is 5.82 Å². The molecule has 1 amide bonds. The minimum Gasteiger partial charge on any atom is -0.366 e. The zero-order valence-corrected chi connectivity index (χ0v) is 18.2. The number of hydrogen-bond acceptors (Lipinski definition) is 3. The molecule has 4 nitrogen and oxygen atoms in total. The van der Waals surface area contributed by atoms with Gasteiger partial charge in [0.15, 0.2) is 0 Å². The standard InChI is InChI=1S/C23H27BrFN3O/c24-20-7-3-5-18(15-20)16-26-10-4-6-19(17-26)23(29)28-13-11-27(12-14-28)22-9-2-1-8-21(22)25/h1-3,5,7-9,15,19H,4,6,10-14,16-17H2. The molecule has 0 saturated carbocycles. The molecule has 0 spiro atoms. The van der Waals surface area contributed by atoms with E-state index in [-0.39, 0.29) is 17.6 Å². The highest BCUT2D eigenvalue weighted by Gasteiger charge is 2.31. The fourth-order valence-electron chi connectivity index (χ4n) is 4.43. The second-order valence-corrected chi connectivity index (χ2v) is 8.88. The number of piperidine rings is 1. The second kappa shape index (κ2) is 9.26. The number of halogens is 2. The zero-order chi connectivity index (χ0) is 20.2. The van der Waals surface area contributed by atoms with E-state index in [0.29, 0.717) is 31.9 Å². The lowest BCUT2D eigenvalue weighted by atomic mass is 9.95. The third-order valence-corrected chi connectivity index (χ3v) is 6.43. The summed E-state index contributed by atoms with van der Waals surface area (Å²) in [7, 11) is 0. The Morgan fingerprint density at radius 3 is 2.59 bits per heavy atom. The summed E-state index contributed by atoms with van der Waals surface area (Å²) in [5, 5.41) is 0. The molecule has 2 aromatic carbocycles. The summed E-state index contributed by atoms with van der Waals surface area (Å²) in [5.74, 6) is 0.135. The van der Waals surface area contributed by atoms with Gasteiger partial charge in [-0.3, -0.25) is 9.69 Å². The van der Waals surface area contributed by atoms with Gasteiger partial charge in [-0.1, -0.05) is 40.2 Å².